The summed E-state index contributed by atoms with van der Waals surface area (Å²) in [6.07, 6.45) is 0.311. The number of ether oxygens (including phenoxy) is 2. The Morgan fingerprint density at radius 1 is 1.17 bits per heavy atom. The molecule has 0 aromatic heterocycles. The summed E-state index contributed by atoms with van der Waals surface area (Å²) in [4.78, 5) is 12.2. The van der Waals surface area contributed by atoms with Crippen LogP contribution in [-0.4, -0.2) is 31.0 Å². The van der Waals surface area contributed by atoms with Gasteiger partial charge in [-0.3, -0.25) is 10.1 Å². The number of hydrazine groups is 1. The number of nitrogens with one attached hydrogen (secondary N) is 3. The quantitative estimate of drug-likeness (QED) is 0.596. The minimum absolute atomic E-state index is 0.113. The van der Waals surface area contributed by atoms with Crippen molar-refractivity contribution >= 4 is 5.97 Å². The summed E-state index contributed by atoms with van der Waals surface area (Å²) in [5.41, 5.74) is 8.57. The number of para-hydroxylation sites is 1. The summed E-state index contributed by atoms with van der Waals surface area (Å²) in [5, 5.41) is 13.6. The summed E-state index contributed by atoms with van der Waals surface area (Å²) in [6.45, 7) is 2.51. The molecule has 0 spiro atoms. The number of carbonyl (C=O) groups is 1. The smallest absolute Gasteiger partial charge is 0.307 e. The molecule has 0 saturated carbocycles. The second-order valence-electron chi connectivity index (χ2n) is 7.47. The number of rotatable bonds is 6. The average molecular weight is 397 g/mol. The van der Waals surface area contributed by atoms with Gasteiger partial charge in [0, 0.05) is 17.5 Å². The average Bonchev–Trinajstić information content (AvgIpc) is 3.17. The summed E-state index contributed by atoms with van der Waals surface area (Å²) >= 11 is 0. The van der Waals surface area contributed by atoms with Crippen molar-refractivity contribution in [3.63, 3.8) is 0 Å². The number of carboxylic acids is 1. The van der Waals surface area contributed by atoms with Gasteiger partial charge in [-0.15, -0.1) is 0 Å². The van der Waals surface area contributed by atoms with Gasteiger partial charge in [-0.1, -0.05) is 30.3 Å². The Kier molecular flexibility index (Phi) is 5.71. The maximum Gasteiger partial charge on any atom is 0.307 e. The van der Waals surface area contributed by atoms with Crippen LogP contribution in [0.15, 0.2) is 48.5 Å². The van der Waals surface area contributed by atoms with Gasteiger partial charge in [-0.2, -0.15) is 0 Å². The molecule has 2 aromatic carbocycles. The van der Waals surface area contributed by atoms with Gasteiger partial charge in [0.05, 0.1) is 31.8 Å². The van der Waals surface area contributed by atoms with Crippen molar-refractivity contribution in [1.29, 1.82) is 0 Å². The molecule has 29 heavy (non-hydrogen) atoms. The zero-order chi connectivity index (χ0) is 20.4. The van der Waals surface area contributed by atoms with Crippen LogP contribution in [0.3, 0.4) is 0 Å². The van der Waals surface area contributed by atoms with Crippen LogP contribution >= 0.6 is 0 Å². The SMILES string of the molecule is CCOc1ccccc1C1CC(C(=O)O)C2C(NNC2c2cccc(OC)c2)N1. The first-order valence-corrected chi connectivity index (χ1v) is 9.98. The number of benzene rings is 2. The van der Waals surface area contributed by atoms with Crippen molar-refractivity contribution in [3.05, 3.63) is 59.7 Å². The van der Waals surface area contributed by atoms with E-state index in [-0.39, 0.29) is 24.2 Å². The molecule has 5 unspecified atom stereocenters. The van der Waals surface area contributed by atoms with Crippen LogP contribution in [0.1, 0.15) is 36.6 Å². The normalized spacial score (nSPS) is 28.6. The second kappa shape index (κ2) is 8.41. The minimum Gasteiger partial charge on any atom is -0.497 e. The number of hydrogen-bond acceptors (Lipinski definition) is 6. The van der Waals surface area contributed by atoms with E-state index in [1.54, 1.807) is 7.11 Å². The lowest BCUT2D eigenvalue weighted by molar-refractivity contribution is -0.146. The molecule has 7 nitrogen and oxygen atoms in total. The summed E-state index contributed by atoms with van der Waals surface area (Å²) in [6, 6.07) is 15.4. The molecule has 7 heteroatoms. The summed E-state index contributed by atoms with van der Waals surface area (Å²) in [7, 11) is 1.63. The van der Waals surface area contributed by atoms with Gasteiger partial charge in [0.2, 0.25) is 0 Å². The summed E-state index contributed by atoms with van der Waals surface area (Å²) < 4.78 is 11.1. The van der Waals surface area contributed by atoms with Crippen molar-refractivity contribution in [1.82, 2.24) is 16.2 Å². The molecule has 0 amide bonds. The molecule has 0 bridgehead atoms. The van der Waals surface area contributed by atoms with E-state index in [9.17, 15) is 9.90 Å². The highest BCUT2D eigenvalue weighted by Gasteiger charge is 2.49. The molecule has 2 aliphatic heterocycles. The van der Waals surface area contributed by atoms with Gasteiger partial charge in [0.1, 0.15) is 11.5 Å². The van der Waals surface area contributed by atoms with E-state index in [4.69, 9.17) is 9.47 Å². The predicted molar refractivity (Wildman–Crippen MR) is 109 cm³/mol. The molecule has 2 aromatic rings. The highest BCUT2D eigenvalue weighted by atomic mass is 16.5. The molecule has 4 rings (SSSR count). The Bertz CT molecular complexity index is 875. The van der Waals surface area contributed by atoms with Crippen molar-refractivity contribution in [2.24, 2.45) is 11.8 Å². The molecule has 0 radical (unpaired) electrons. The van der Waals surface area contributed by atoms with Crippen LogP contribution in [0.25, 0.3) is 0 Å². The number of piperidine rings is 1. The van der Waals surface area contributed by atoms with Gasteiger partial charge in [0.25, 0.3) is 0 Å². The first-order chi connectivity index (χ1) is 14.1. The first-order valence-electron chi connectivity index (χ1n) is 9.98. The summed E-state index contributed by atoms with van der Waals surface area (Å²) in [5.74, 6) is 0.117. The van der Waals surface area contributed by atoms with Crippen LogP contribution in [0.2, 0.25) is 0 Å². The number of aliphatic carboxylic acids is 1. The largest absolute Gasteiger partial charge is 0.497 e. The van der Waals surface area contributed by atoms with Crippen LogP contribution in [0.4, 0.5) is 0 Å². The van der Waals surface area contributed by atoms with Gasteiger partial charge in [-0.05, 0) is 37.1 Å². The third-order valence-electron chi connectivity index (χ3n) is 5.86. The van der Waals surface area contributed by atoms with Crippen LogP contribution in [-0.2, 0) is 4.79 Å². The fraction of sp³-hybridized carbons (Fsp3) is 0.409. The fourth-order valence-electron chi connectivity index (χ4n) is 4.56. The number of methoxy groups -OCH3 is 1. The molecule has 2 heterocycles. The monoisotopic (exact) mass is 397 g/mol. The molecule has 5 atom stereocenters. The van der Waals surface area contributed by atoms with Crippen LogP contribution < -0.4 is 25.6 Å². The van der Waals surface area contributed by atoms with Gasteiger partial charge < -0.3 is 14.6 Å². The molecular formula is C22H27N3O4. The highest BCUT2D eigenvalue weighted by molar-refractivity contribution is 5.71. The molecule has 0 aliphatic carbocycles. The van der Waals surface area contributed by atoms with E-state index < -0.39 is 11.9 Å². The molecule has 2 saturated heterocycles. The Balaban J connectivity index is 1.63. The molecule has 2 fully saturated rings. The fourth-order valence-corrected chi connectivity index (χ4v) is 4.56. The zero-order valence-electron chi connectivity index (χ0n) is 16.6. The van der Waals surface area contributed by atoms with E-state index in [1.165, 1.54) is 0 Å². The van der Waals surface area contributed by atoms with E-state index in [1.807, 2.05) is 55.5 Å². The van der Waals surface area contributed by atoms with E-state index >= 15 is 0 Å². The minimum atomic E-state index is -0.779. The van der Waals surface area contributed by atoms with Gasteiger partial charge >= 0.3 is 5.97 Å². The second-order valence-corrected chi connectivity index (χ2v) is 7.47. The Hall–Kier alpha value is -2.61. The maximum atomic E-state index is 12.2. The van der Waals surface area contributed by atoms with Crippen molar-refractivity contribution in [3.8, 4) is 11.5 Å². The topological polar surface area (TPSA) is 91.9 Å². The third kappa shape index (κ3) is 3.81. The van der Waals surface area contributed by atoms with E-state index in [0.717, 1.165) is 22.6 Å². The number of fused-ring (bicyclic) bond motifs is 1. The lowest BCUT2D eigenvalue weighted by Gasteiger charge is -2.39. The molecule has 4 N–H and O–H groups in total. The van der Waals surface area contributed by atoms with Crippen LogP contribution in [0, 0.1) is 11.8 Å². The highest BCUT2D eigenvalue weighted by Crippen LogP contribution is 2.44. The Morgan fingerprint density at radius 3 is 2.76 bits per heavy atom. The first kappa shape index (κ1) is 19.7. The predicted octanol–water partition coefficient (Wildman–Crippen LogP) is 2.62. The molecular weight excluding hydrogens is 370 g/mol. The zero-order valence-corrected chi connectivity index (χ0v) is 16.6. The van der Waals surface area contributed by atoms with E-state index in [2.05, 4.69) is 16.2 Å². The maximum absolute atomic E-state index is 12.2. The van der Waals surface area contributed by atoms with Crippen molar-refractivity contribution in [2.45, 2.75) is 31.6 Å². The lowest BCUT2D eigenvalue weighted by atomic mass is 9.74. The van der Waals surface area contributed by atoms with Crippen molar-refractivity contribution < 1.29 is 19.4 Å². The third-order valence-corrected chi connectivity index (χ3v) is 5.86. The molecule has 2 aliphatic rings. The van der Waals surface area contributed by atoms with Crippen LogP contribution in [0.5, 0.6) is 11.5 Å². The van der Waals surface area contributed by atoms with Gasteiger partial charge in [0.15, 0.2) is 0 Å². The van der Waals surface area contributed by atoms with Gasteiger partial charge in [-0.25, -0.2) is 10.9 Å². The lowest BCUT2D eigenvalue weighted by Crippen LogP contribution is -2.53. The van der Waals surface area contributed by atoms with Crippen molar-refractivity contribution in [2.75, 3.05) is 13.7 Å². The standard InChI is InChI=1S/C22H27N3O4/c1-3-29-18-10-5-4-9-15(18)17-12-16(22(26)27)19-20(24-25-21(19)23-17)13-7-6-8-14(11-13)28-2/h4-11,16-17,19-21,23-25H,3,12H2,1-2H3,(H,26,27). The Morgan fingerprint density at radius 2 is 2.00 bits per heavy atom. The van der Waals surface area contributed by atoms with E-state index in [0.29, 0.717) is 13.0 Å². The number of carboxylic acid groups (broad SMARTS) is 1. The Labute approximate surface area is 170 Å². The number of hydrogen-bond donors (Lipinski definition) is 4. The molecule has 154 valence electrons.